The lowest BCUT2D eigenvalue weighted by Crippen LogP contribution is -1.89. The van der Waals surface area contributed by atoms with Crippen LogP contribution in [-0.4, -0.2) is 34.5 Å². The first-order valence-corrected chi connectivity index (χ1v) is 7.15. The quantitative estimate of drug-likeness (QED) is 0.555. The largest absolute Gasteiger partial charge is 0.160 e. The molecule has 0 nitrogen and oxygen atoms in total. The molecule has 0 fully saturated rings. The third kappa shape index (κ3) is 5.84. The molecule has 1 aliphatic rings. The van der Waals surface area contributed by atoms with Crippen molar-refractivity contribution in [3.05, 3.63) is 0 Å². The second-order valence-electron chi connectivity index (χ2n) is 2.07. The molecule has 0 saturated heterocycles. The molecule has 1 aliphatic heterocycles. The van der Waals surface area contributed by atoms with Gasteiger partial charge in [-0.2, -0.15) is 11.8 Å². The molecule has 0 saturated carbocycles. The topological polar surface area (TPSA) is 0 Å². The molecule has 0 aromatic rings. The molecule has 1 rings (SSSR count). The Morgan fingerprint density at radius 3 is 1.64 bits per heavy atom. The smallest absolute Gasteiger partial charge is 0.0548 e. The fourth-order valence-corrected chi connectivity index (χ4v) is 3.47. The monoisotopic (exact) mass is 204 g/mol. The van der Waals surface area contributed by atoms with E-state index in [1.54, 1.807) is 0 Å². The van der Waals surface area contributed by atoms with Gasteiger partial charge in [-0.1, -0.05) is 11.8 Å². The van der Waals surface area contributed by atoms with Crippen molar-refractivity contribution < 1.29 is 0 Å². The molecular weight excluding hydrogens is 192 g/mol. The van der Waals surface area contributed by atoms with Crippen molar-refractivity contribution >= 4 is 35.3 Å². The first-order valence-electron chi connectivity index (χ1n) is 3.69. The Morgan fingerprint density at radius 1 is 0.636 bits per heavy atom. The molecule has 0 unspecified atom stereocenters. The van der Waals surface area contributed by atoms with Gasteiger partial charge in [0.2, 0.25) is 0 Å². The van der Waals surface area contributed by atoms with Gasteiger partial charge in [0.25, 0.3) is 0 Å². The summed E-state index contributed by atoms with van der Waals surface area (Å²) in [5.41, 5.74) is 0. The second-order valence-corrected chi connectivity index (χ2v) is 5.51. The second kappa shape index (κ2) is 7.27. The summed E-state index contributed by atoms with van der Waals surface area (Å²) >= 11 is 5.98. The van der Waals surface area contributed by atoms with E-state index in [4.69, 9.17) is 0 Å². The number of hydrogen-bond donors (Lipinski definition) is 0. The van der Waals surface area contributed by atoms with Crippen LogP contribution < -0.4 is 0 Å². The summed E-state index contributed by atoms with van der Waals surface area (Å²) in [6.07, 6.45) is 0. The average molecular weight is 204 g/mol. The van der Waals surface area contributed by atoms with Crippen LogP contribution in [0.25, 0.3) is 0 Å². The van der Waals surface area contributed by atoms with E-state index >= 15 is 0 Å². The zero-order valence-corrected chi connectivity index (χ0v) is 8.92. The SMILES string of the molecule is C1#CCSCCSCCSC1. The predicted octanol–water partition coefficient (Wildman–Crippen LogP) is 2.20. The molecular formula is C8H12S3. The van der Waals surface area contributed by atoms with Crippen LogP contribution in [0.3, 0.4) is 0 Å². The molecule has 62 valence electrons. The van der Waals surface area contributed by atoms with E-state index in [0.29, 0.717) is 0 Å². The van der Waals surface area contributed by atoms with Crippen molar-refractivity contribution in [2.24, 2.45) is 0 Å². The Balaban J connectivity index is 2.15. The normalized spacial score (nSPS) is 21.1. The van der Waals surface area contributed by atoms with Crippen LogP contribution in [0, 0.1) is 11.8 Å². The minimum absolute atomic E-state index is 1.03. The van der Waals surface area contributed by atoms with Crippen LogP contribution in [0.1, 0.15) is 0 Å². The highest BCUT2D eigenvalue weighted by atomic mass is 32.2. The molecule has 0 atom stereocenters. The standard InChI is InChI=1S/C8H12S3/c1-2-4-10-6-8-11-7-5-9-3-1/h3-8H2. The van der Waals surface area contributed by atoms with Crippen molar-refractivity contribution in [2.75, 3.05) is 34.5 Å². The van der Waals surface area contributed by atoms with Crippen molar-refractivity contribution in [1.82, 2.24) is 0 Å². The van der Waals surface area contributed by atoms with E-state index < -0.39 is 0 Å². The lowest BCUT2D eigenvalue weighted by atomic mass is 10.7. The van der Waals surface area contributed by atoms with Gasteiger partial charge in [0, 0.05) is 23.0 Å². The van der Waals surface area contributed by atoms with Crippen LogP contribution in [0.2, 0.25) is 0 Å². The maximum absolute atomic E-state index is 3.17. The van der Waals surface area contributed by atoms with Gasteiger partial charge in [0.1, 0.15) is 0 Å². The Morgan fingerprint density at radius 2 is 1.09 bits per heavy atom. The highest BCUT2D eigenvalue weighted by molar-refractivity contribution is 8.04. The first kappa shape index (κ1) is 9.70. The van der Waals surface area contributed by atoms with Crippen LogP contribution in [0.15, 0.2) is 0 Å². The van der Waals surface area contributed by atoms with Gasteiger partial charge < -0.3 is 0 Å². The molecule has 0 bridgehead atoms. The summed E-state index contributed by atoms with van der Waals surface area (Å²) < 4.78 is 0. The molecule has 0 spiro atoms. The maximum Gasteiger partial charge on any atom is 0.0548 e. The lowest BCUT2D eigenvalue weighted by molar-refractivity contribution is 1.49. The molecule has 11 heavy (non-hydrogen) atoms. The number of rotatable bonds is 0. The molecule has 0 aromatic heterocycles. The van der Waals surface area contributed by atoms with Gasteiger partial charge in [-0.3, -0.25) is 0 Å². The minimum atomic E-state index is 1.03. The lowest BCUT2D eigenvalue weighted by Gasteiger charge is -1.97. The zero-order chi connectivity index (χ0) is 7.78. The number of thioether (sulfide) groups is 3. The Labute approximate surface area is 81.7 Å². The summed E-state index contributed by atoms with van der Waals surface area (Å²) in [6, 6.07) is 0. The van der Waals surface area contributed by atoms with Crippen LogP contribution >= 0.6 is 35.3 Å². The summed E-state index contributed by atoms with van der Waals surface area (Å²) in [4.78, 5) is 0. The van der Waals surface area contributed by atoms with Gasteiger partial charge in [-0.05, 0) is 0 Å². The number of hydrogen-bond acceptors (Lipinski definition) is 3. The minimum Gasteiger partial charge on any atom is -0.160 e. The van der Waals surface area contributed by atoms with Crippen molar-refractivity contribution in [1.29, 1.82) is 0 Å². The van der Waals surface area contributed by atoms with Gasteiger partial charge in [-0.15, -0.1) is 23.5 Å². The Hall–Kier alpha value is 0.610. The third-order valence-corrected chi connectivity index (χ3v) is 4.40. The molecule has 1 heterocycles. The highest BCUT2D eigenvalue weighted by Gasteiger charge is 1.92. The van der Waals surface area contributed by atoms with Crippen molar-refractivity contribution in [2.45, 2.75) is 0 Å². The summed E-state index contributed by atoms with van der Waals surface area (Å²) in [6.45, 7) is 0. The van der Waals surface area contributed by atoms with Gasteiger partial charge in [-0.25, -0.2) is 0 Å². The molecule has 0 aromatic carbocycles. The first-order chi connectivity index (χ1) is 5.50. The third-order valence-electron chi connectivity index (χ3n) is 1.22. The van der Waals surface area contributed by atoms with E-state index in [0.717, 1.165) is 11.5 Å². The molecule has 3 heteroatoms. The fourth-order valence-electron chi connectivity index (χ4n) is 0.686. The predicted molar refractivity (Wildman–Crippen MR) is 59.8 cm³/mol. The summed E-state index contributed by atoms with van der Waals surface area (Å²) in [5, 5.41) is 0. The maximum atomic E-state index is 3.17. The molecule has 0 radical (unpaired) electrons. The van der Waals surface area contributed by atoms with Gasteiger partial charge >= 0.3 is 0 Å². The van der Waals surface area contributed by atoms with E-state index in [9.17, 15) is 0 Å². The van der Waals surface area contributed by atoms with E-state index in [-0.39, 0.29) is 0 Å². The molecule has 0 N–H and O–H groups in total. The van der Waals surface area contributed by atoms with E-state index in [1.165, 1.54) is 23.0 Å². The Bertz CT molecular complexity index is 131. The van der Waals surface area contributed by atoms with Crippen molar-refractivity contribution in [3.63, 3.8) is 0 Å². The average Bonchev–Trinajstić information content (AvgIpc) is 2.08. The van der Waals surface area contributed by atoms with Gasteiger partial charge in [0.15, 0.2) is 0 Å². The fraction of sp³-hybridized carbons (Fsp3) is 0.750. The highest BCUT2D eigenvalue weighted by Crippen LogP contribution is 2.10. The van der Waals surface area contributed by atoms with Crippen LogP contribution in [0.5, 0.6) is 0 Å². The zero-order valence-electron chi connectivity index (χ0n) is 6.47. The van der Waals surface area contributed by atoms with E-state index in [1.807, 2.05) is 23.5 Å². The van der Waals surface area contributed by atoms with Crippen molar-refractivity contribution in [3.8, 4) is 11.8 Å². The van der Waals surface area contributed by atoms with Gasteiger partial charge in [0.05, 0.1) is 11.5 Å². The van der Waals surface area contributed by atoms with E-state index in [2.05, 4.69) is 23.6 Å². The summed E-state index contributed by atoms with van der Waals surface area (Å²) in [7, 11) is 0. The molecule has 0 aliphatic carbocycles. The van der Waals surface area contributed by atoms with Crippen LogP contribution in [-0.2, 0) is 0 Å². The molecule has 0 amide bonds. The van der Waals surface area contributed by atoms with Crippen LogP contribution in [0.4, 0.5) is 0 Å². The Kier molecular flexibility index (Phi) is 6.41. The summed E-state index contributed by atoms with van der Waals surface area (Å²) in [5.74, 6) is 13.5.